The van der Waals surface area contributed by atoms with Crippen LogP contribution in [0.4, 0.5) is 0 Å². The molecule has 0 saturated carbocycles. The van der Waals surface area contributed by atoms with Crippen molar-refractivity contribution < 1.29 is 0 Å². The van der Waals surface area contributed by atoms with Crippen LogP contribution in [0.3, 0.4) is 0 Å². The summed E-state index contributed by atoms with van der Waals surface area (Å²) in [6, 6.07) is 8.76. The van der Waals surface area contributed by atoms with Gasteiger partial charge in [0.1, 0.15) is 0 Å². The minimum Gasteiger partial charge on any atom is -0.0683 e. The second-order valence-corrected chi connectivity index (χ2v) is 5.97. The molecule has 2 aromatic carbocycles. The molecule has 0 aliphatic carbocycles. The fraction of sp³-hybridized carbons (Fsp3) is 0.455. The summed E-state index contributed by atoms with van der Waals surface area (Å²) in [5, 5.41) is 0. The monoisotopic (exact) mass is 298 g/mol. The zero-order chi connectivity index (χ0) is 17.4. The molecule has 0 radical (unpaired) electrons. The first-order valence-corrected chi connectivity index (χ1v) is 8.32. The summed E-state index contributed by atoms with van der Waals surface area (Å²) in [5.41, 5.74) is 11.2. The Morgan fingerprint density at radius 3 is 1.27 bits per heavy atom. The van der Waals surface area contributed by atoms with Crippen molar-refractivity contribution in [2.45, 2.75) is 69.2 Å². The molecule has 2 rings (SSSR count). The smallest absolute Gasteiger partial charge is 0.0392 e. The molecule has 0 bridgehead atoms. The first kappa shape index (κ1) is 20.4. The molecule has 22 heavy (non-hydrogen) atoms. The van der Waals surface area contributed by atoms with Gasteiger partial charge >= 0.3 is 0 Å². The van der Waals surface area contributed by atoms with Crippen molar-refractivity contribution in [2.24, 2.45) is 0 Å². The highest BCUT2D eigenvalue weighted by Gasteiger charge is 2.02. The fourth-order valence-corrected chi connectivity index (χ4v) is 2.31. The Bertz CT molecular complexity index is 578. The lowest BCUT2D eigenvalue weighted by Gasteiger charge is -2.10. The van der Waals surface area contributed by atoms with Crippen molar-refractivity contribution in [3.63, 3.8) is 0 Å². The Kier molecular flexibility index (Phi) is 8.79. The topological polar surface area (TPSA) is 0 Å². The molecular formula is C22H34. The molecule has 0 N–H and O–H groups in total. The predicted molar refractivity (Wildman–Crippen MR) is 102 cm³/mol. The number of rotatable bonds is 0. The van der Waals surface area contributed by atoms with E-state index in [0.29, 0.717) is 0 Å². The summed E-state index contributed by atoms with van der Waals surface area (Å²) in [6.45, 7) is 21.3. The average Bonchev–Trinajstić information content (AvgIpc) is 2.50. The molecule has 0 spiro atoms. The number of benzene rings is 2. The van der Waals surface area contributed by atoms with E-state index in [1.54, 1.807) is 0 Å². The second-order valence-electron chi connectivity index (χ2n) is 5.97. The quantitative estimate of drug-likeness (QED) is 0.498. The molecule has 0 nitrogen and oxygen atoms in total. The Labute approximate surface area is 138 Å². The molecule has 122 valence electrons. The van der Waals surface area contributed by atoms with Crippen molar-refractivity contribution in [1.82, 2.24) is 0 Å². The number of hydrogen-bond acceptors (Lipinski definition) is 0. The van der Waals surface area contributed by atoms with Gasteiger partial charge in [-0.15, -0.1) is 0 Å². The lowest BCUT2D eigenvalue weighted by atomic mass is 9.96. The van der Waals surface area contributed by atoms with E-state index < -0.39 is 0 Å². The van der Waals surface area contributed by atoms with Gasteiger partial charge in [-0.25, -0.2) is 0 Å². The lowest BCUT2D eigenvalue weighted by Crippen LogP contribution is -1.93. The van der Waals surface area contributed by atoms with E-state index in [1.165, 1.54) is 44.5 Å². The lowest BCUT2D eigenvalue weighted by molar-refractivity contribution is 1.18. The van der Waals surface area contributed by atoms with E-state index in [1.807, 2.05) is 13.8 Å². The molecule has 0 fully saturated rings. The minimum atomic E-state index is 1.35. The van der Waals surface area contributed by atoms with Gasteiger partial charge in [0.15, 0.2) is 0 Å². The maximum atomic E-state index is 2.26. The Balaban J connectivity index is 0.000000366. The minimum absolute atomic E-state index is 1.35. The van der Waals surface area contributed by atoms with Crippen molar-refractivity contribution in [3.05, 3.63) is 68.8 Å². The number of hydrogen-bond donors (Lipinski definition) is 0. The molecule has 0 aliphatic heterocycles. The highest BCUT2D eigenvalue weighted by atomic mass is 14.1. The largest absolute Gasteiger partial charge is 0.0683 e. The van der Waals surface area contributed by atoms with Crippen LogP contribution in [0.5, 0.6) is 0 Å². The standard InChI is InChI=1S/C11H16.C9H12.C2H6/c1-7-6-8(2)10(4)11(5)9(7)3;1-7-4-5-8(2)9(3)6-7;1-2/h6H,1-5H3;4-6H,1-3H3;1-2H3. The van der Waals surface area contributed by atoms with Gasteiger partial charge in [-0.05, 0) is 94.3 Å². The van der Waals surface area contributed by atoms with Crippen LogP contribution in [0, 0.1) is 55.4 Å². The molecule has 0 amide bonds. The van der Waals surface area contributed by atoms with Crippen LogP contribution in [0.1, 0.15) is 58.4 Å². The molecule has 0 heterocycles. The summed E-state index contributed by atoms with van der Waals surface area (Å²) in [5.74, 6) is 0. The van der Waals surface area contributed by atoms with E-state index in [2.05, 4.69) is 79.7 Å². The molecule has 0 unspecified atom stereocenters. The molecule has 0 saturated heterocycles. The SMILES string of the molecule is CC.Cc1cc(C)c(C)c(C)c1C.Cc1ccc(C)c(C)c1. The van der Waals surface area contributed by atoms with Crippen LogP contribution in [-0.4, -0.2) is 0 Å². The van der Waals surface area contributed by atoms with Gasteiger partial charge in [0.25, 0.3) is 0 Å². The molecule has 0 aromatic heterocycles. The Morgan fingerprint density at radius 2 is 0.909 bits per heavy atom. The van der Waals surface area contributed by atoms with Crippen LogP contribution < -0.4 is 0 Å². The second kappa shape index (κ2) is 9.46. The molecular weight excluding hydrogens is 264 g/mol. The van der Waals surface area contributed by atoms with Crippen molar-refractivity contribution >= 4 is 0 Å². The fourth-order valence-electron chi connectivity index (χ4n) is 2.31. The third-order valence-corrected chi connectivity index (χ3v) is 4.40. The van der Waals surface area contributed by atoms with E-state index >= 15 is 0 Å². The van der Waals surface area contributed by atoms with Gasteiger partial charge in [-0.2, -0.15) is 0 Å². The summed E-state index contributed by atoms with van der Waals surface area (Å²) >= 11 is 0. The van der Waals surface area contributed by atoms with Gasteiger partial charge in [0.05, 0.1) is 0 Å². The molecule has 0 aliphatic rings. The normalized spacial score (nSPS) is 9.36. The predicted octanol–water partition coefficient (Wildman–Crippen LogP) is 6.87. The number of aryl methyl sites for hydroxylation is 5. The van der Waals surface area contributed by atoms with E-state index in [9.17, 15) is 0 Å². The molecule has 2 aromatic rings. The van der Waals surface area contributed by atoms with Gasteiger partial charge < -0.3 is 0 Å². The molecule has 0 atom stereocenters. The summed E-state index contributed by atoms with van der Waals surface area (Å²) in [7, 11) is 0. The van der Waals surface area contributed by atoms with Gasteiger partial charge in [-0.3, -0.25) is 0 Å². The maximum Gasteiger partial charge on any atom is -0.0392 e. The zero-order valence-corrected chi connectivity index (χ0v) is 16.3. The highest BCUT2D eigenvalue weighted by Crippen LogP contribution is 2.19. The van der Waals surface area contributed by atoms with Gasteiger partial charge in [0, 0.05) is 0 Å². The zero-order valence-electron chi connectivity index (χ0n) is 16.3. The van der Waals surface area contributed by atoms with Gasteiger partial charge in [-0.1, -0.05) is 43.7 Å². The van der Waals surface area contributed by atoms with E-state index in [-0.39, 0.29) is 0 Å². The van der Waals surface area contributed by atoms with Crippen LogP contribution >= 0.6 is 0 Å². The molecule has 0 heteroatoms. The first-order valence-electron chi connectivity index (χ1n) is 8.32. The van der Waals surface area contributed by atoms with Crippen LogP contribution in [0.2, 0.25) is 0 Å². The summed E-state index contributed by atoms with van der Waals surface area (Å²) in [6.07, 6.45) is 0. The van der Waals surface area contributed by atoms with Crippen LogP contribution in [-0.2, 0) is 0 Å². The van der Waals surface area contributed by atoms with Crippen LogP contribution in [0.25, 0.3) is 0 Å². The average molecular weight is 299 g/mol. The summed E-state index contributed by atoms with van der Waals surface area (Å²) in [4.78, 5) is 0. The Morgan fingerprint density at radius 1 is 0.455 bits per heavy atom. The van der Waals surface area contributed by atoms with Crippen molar-refractivity contribution in [1.29, 1.82) is 0 Å². The van der Waals surface area contributed by atoms with Crippen molar-refractivity contribution in [3.8, 4) is 0 Å². The third-order valence-electron chi connectivity index (χ3n) is 4.40. The van der Waals surface area contributed by atoms with Gasteiger partial charge in [0.2, 0.25) is 0 Å². The Hall–Kier alpha value is -1.56. The highest BCUT2D eigenvalue weighted by molar-refractivity contribution is 5.42. The summed E-state index contributed by atoms with van der Waals surface area (Å²) < 4.78 is 0. The van der Waals surface area contributed by atoms with E-state index in [0.717, 1.165) is 0 Å². The maximum absolute atomic E-state index is 2.26. The van der Waals surface area contributed by atoms with Crippen LogP contribution in [0.15, 0.2) is 24.3 Å². The van der Waals surface area contributed by atoms with Crippen molar-refractivity contribution in [2.75, 3.05) is 0 Å². The van der Waals surface area contributed by atoms with E-state index in [4.69, 9.17) is 0 Å². The third kappa shape index (κ3) is 5.67. The first-order chi connectivity index (χ1) is 10.2.